The van der Waals surface area contributed by atoms with E-state index in [1.54, 1.807) is 11.3 Å². The van der Waals surface area contributed by atoms with Crippen LogP contribution in [0.2, 0.25) is 0 Å². The molecule has 3 aromatic rings. The minimum absolute atomic E-state index is 0.239. The Morgan fingerprint density at radius 1 is 0.909 bits per heavy atom. The molecule has 5 heterocycles. The maximum atomic E-state index is 14.0. The van der Waals surface area contributed by atoms with E-state index in [1.165, 1.54) is 63.8 Å². The van der Waals surface area contributed by atoms with E-state index in [0.29, 0.717) is 24.5 Å². The highest BCUT2D eigenvalue weighted by atomic mass is 32.1. The fourth-order valence-electron chi connectivity index (χ4n) is 7.95. The lowest BCUT2D eigenvalue weighted by Crippen LogP contribution is -2.50. The molecule has 0 spiro atoms. The molecule has 2 amide bonds. The molecule has 238 valence electrons. The highest BCUT2D eigenvalue weighted by Crippen LogP contribution is 2.44. The molecule has 7 nitrogen and oxygen atoms in total. The van der Waals surface area contributed by atoms with Crippen LogP contribution in [0.25, 0.3) is 21.5 Å². The van der Waals surface area contributed by atoms with E-state index in [0.717, 1.165) is 57.1 Å². The van der Waals surface area contributed by atoms with Gasteiger partial charge in [0.1, 0.15) is 4.83 Å². The Morgan fingerprint density at radius 3 is 2.09 bits per heavy atom. The van der Waals surface area contributed by atoms with Crippen molar-refractivity contribution >= 4 is 33.4 Å². The Bertz CT molecular complexity index is 1470. The summed E-state index contributed by atoms with van der Waals surface area (Å²) in [4.78, 5) is 41.8. The molecule has 0 saturated carbocycles. The van der Waals surface area contributed by atoms with Crippen molar-refractivity contribution in [1.29, 1.82) is 0 Å². The van der Waals surface area contributed by atoms with Gasteiger partial charge >= 0.3 is 0 Å². The Labute approximate surface area is 267 Å². The number of hydrogen-bond donors (Lipinski definition) is 1. The molecule has 2 aromatic heterocycles. The van der Waals surface area contributed by atoms with Crippen LogP contribution < -0.4 is 0 Å². The van der Waals surface area contributed by atoms with Crippen molar-refractivity contribution in [1.82, 2.24) is 24.6 Å². The lowest BCUT2D eigenvalue weighted by Gasteiger charge is -2.35. The largest absolute Gasteiger partial charge is 0.346 e. The molecule has 44 heavy (non-hydrogen) atoms. The van der Waals surface area contributed by atoms with Crippen LogP contribution in [0, 0.1) is 13.8 Å². The summed E-state index contributed by atoms with van der Waals surface area (Å²) < 4.78 is 0. The third-order valence-corrected chi connectivity index (χ3v) is 11.9. The number of benzene rings is 1. The predicted molar refractivity (Wildman–Crippen MR) is 182 cm³/mol. The van der Waals surface area contributed by atoms with Crippen LogP contribution in [-0.2, 0) is 21.4 Å². The number of fused-ring (bicyclic) bond motifs is 3. The summed E-state index contributed by atoms with van der Waals surface area (Å²) >= 11 is 1.77. The SMILES string of the molecule is CCN(CC)C(=O)CN1CCN(CCc2c(-c3cc(C)cc(C)c3)[nH]c3sc(C(C)(C)C(=O)N4C5CCC4CC5)cc23)CC1. The van der Waals surface area contributed by atoms with Crippen LogP contribution >= 0.6 is 11.3 Å². The summed E-state index contributed by atoms with van der Waals surface area (Å²) in [5.41, 5.74) is 5.82. The summed E-state index contributed by atoms with van der Waals surface area (Å²) in [6, 6.07) is 10.0. The second-order valence-electron chi connectivity index (χ2n) is 13.9. The number of carbonyl (C=O) groups excluding carboxylic acids is 2. The number of aromatic amines is 1. The number of H-pyrrole nitrogens is 1. The zero-order valence-corrected chi connectivity index (χ0v) is 28.5. The first kappa shape index (κ1) is 31.3. The standard InChI is InChI=1S/C36H51N5O2S/c1-7-40(8-2)32(42)23-39-17-15-38(16-18-39)14-13-29-30-22-31(36(5,6)35(43)41-27-9-10-28(41)12-11-27)44-34(30)37-33(29)26-20-24(3)19-25(4)21-26/h19-22,27-28,37H,7-18,23H2,1-6H3. The number of piperazine rings is 1. The van der Waals surface area contributed by atoms with Gasteiger partial charge in [0, 0.05) is 68.2 Å². The number of aromatic nitrogens is 1. The number of nitrogens with one attached hydrogen (secondary N) is 1. The van der Waals surface area contributed by atoms with Crippen LogP contribution in [0.15, 0.2) is 24.3 Å². The quantitative estimate of drug-likeness (QED) is 0.305. The number of aryl methyl sites for hydroxylation is 2. The number of carbonyl (C=O) groups is 2. The van der Waals surface area contributed by atoms with Crippen molar-refractivity contribution in [2.24, 2.45) is 0 Å². The summed E-state index contributed by atoms with van der Waals surface area (Å²) in [5.74, 6) is 0.545. The molecular formula is C36H51N5O2S. The molecule has 3 fully saturated rings. The molecule has 0 aliphatic carbocycles. The zero-order valence-electron chi connectivity index (χ0n) is 27.7. The average Bonchev–Trinajstić information content (AvgIpc) is 3.77. The monoisotopic (exact) mass is 617 g/mol. The van der Waals surface area contributed by atoms with E-state index in [4.69, 9.17) is 0 Å². The van der Waals surface area contributed by atoms with E-state index >= 15 is 0 Å². The molecule has 2 bridgehead atoms. The average molecular weight is 618 g/mol. The maximum Gasteiger partial charge on any atom is 0.236 e. The molecule has 6 rings (SSSR count). The first-order valence-corrected chi connectivity index (χ1v) is 17.7. The first-order chi connectivity index (χ1) is 21.1. The van der Waals surface area contributed by atoms with Crippen molar-refractivity contribution < 1.29 is 9.59 Å². The molecule has 8 heteroatoms. The normalized spacial score (nSPS) is 21.1. The molecule has 0 unspecified atom stereocenters. The molecule has 0 atom stereocenters. The third-order valence-electron chi connectivity index (χ3n) is 10.6. The second-order valence-corrected chi connectivity index (χ2v) is 15.0. The molecule has 3 aliphatic heterocycles. The fraction of sp³-hybridized carbons (Fsp3) is 0.611. The Morgan fingerprint density at radius 2 is 1.50 bits per heavy atom. The number of amides is 2. The number of likely N-dealkylation sites (N-methyl/N-ethyl adjacent to an activating group) is 1. The Kier molecular flexibility index (Phi) is 8.97. The van der Waals surface area contributed by atoms with Gasteiger partial charge in [-0.2, -0.15) is 0 Å². The van der Waals surface area contributed by atoms with Crippen molar-refractivity contribution in [3.8, 4) is 11.3 Å². The molecule has 3 aliphatic rings. The summed E-state index contributed by atoms with van der Waals surface area (Å²) in [5, 5.41) is 1.27. The van der Waals surface area contributed by atoms with Crippen molar-refractivity contribution in [3.63, 3.8) is 0 Å². The minimum Gasteiger partial charge on any atom is -0.346 e. The molecule has 0 radical (unpaired) electrons. The van der Waals surface area contributed by atoms with Gasteiger partial charge in [0.15, 0.2) is 0 Å². The van der Waals surface area contributed by atoms with E-state index in [1.807, 2.05) is 4.90 Å². The minimum atomic E-state index is -0.536. The van der Waals surface area contributed by atoms with Crippen LogP contribution in [0.1, 0.15) is 74.9 Å². The van der Waals surface area contributed by atoms with Crippen molar-refractivity contribution in [2.45, 2.75) is 91.1 Å². The number of thiophene rings is 1. The highest BCUT2D eigenvalue weighted by Gasteiger charge is 2.47. The van der Waals surface area contributed by atoms with E-state index in [9.17, 15) is 9.59 Å². The Balaban J connectivity index is 1.22. The van der Waals surface area contributed by atoms with Gasteiger partial charge in [-0.05, 0) is 103 Å². The highest BCUT2D eigenvalue weighted by molar-refractivity contribution is 7.19. The van der Waals surface area contributed by atoms with Crippen LogP contribution in [0.3, 0.4) is 0 Å². The van der Waals surface area contributed by atoms with Gasteiger partial charge in [0.2, 0.25) is 11.8 Å². The predicted octanol–water partition coefficient (Wildman–Crippen LogP) is 5.97. The maximum absolute atomic E-state index is 14.0. The van der Waals surface area contributed by atoms with Gasteiger partial charge in [0.25, 0.3) is 0 Å². The van der Waals surface area contributed by atoms with Gasteiger partial charge in [-0.1, -0.05) is 17.2 Å². The fourth-order valence-corrected chi connectivity index (χ4v) is 9.13. The molecule has 3 saturated heterocycles. The first-order valence-electron chi connectivity index (χ1n) is 16.9. The summed E-state index contributed by atoms with van der Waals surface area (Å²) in [7, 11) is 0. The number of rotatable bonds is 10. The topological polar surface area (TPSA) is 62.9 Å². The molecule has 1 N–H and O–H groups in total. The van der Waals surface area contributed by atoms with Crippen LogP contribution in [0.4, 0.5) is 0 Å². The van der Waals surface area contributed by atoms with Gasteiger partial charge < -0.3 is 19.7 Å². The molecular weight excluding hydrogens is 566 g/mol. The van der Waals surface area contributed by atoms with Crippen LogP contribution in [-0.4, -0.2) is 101 Å². The number of hydrogen-bond acceptors (Lipinski definition) is 5. The van der Waals surface area contributed by atoms with Gasteiger partial charge in [0.05, 0.1) is 17.7 Å². The smallest absolute Gasteiger partial charge is 0.236 e. The third kappa shape index (κ3) is 5.97. The van der Waals surface area contributed by atoms with E-state index < -0.39 is 5.41 Å². The van der Waals surface area contributed by atoms with Crippen molar-refractivity contribution in [3.05, 3.63) is 45.8 Å². The lowest BCUT2D eigenvalue weighted by molar-refractivity contribution is -0.137. The van der Waals surface area contributed by atoms with E-state index in [2.05, 4.69) is 85.5 Å². The summed E-state index contributed by atoms with van der Waals surface area (Å²) in [6.07, 6.45) is 5.62. The van der Waals surface area contributed by atoms with E-state index in [-0.39, 0.29) is 5.91 Å². The number of nitrogens with zero attached hydrogens (tertiary/aromatic N) is 4. The van der Waals surface area contributed by atoms with Gasteiger partial charge in [-0.15, -0.1) is 11.3 Å². The van der Waals surface area contributed by atoms with Crippen LogP contribution in [0.5, 0.6) is 0 Å². The van der Waals surface area contributed by atoms with Crippen molar-refractivity contribution in [2.75, 3.05) is 52.4 Å². The zero-order chi connectivity index (χ0) is 31.2. The Hall–Kier alpha value is -2.68. The molecule has 1 aromatic carbocycles. The second kappa shape index (κ2) is 12.6. The van der Waals surface area contributed by atoms with Gasteiger partial charge in [-0.25, -0.2) is 0 Å². The lowest BCUT2D eigenvalue weighted by atomic mass is 9.88. The van der Waals surface area contributed by atoms with Gasteiger partial charge in [-0.3, -0.25) is 14.5 Å². The summed E-state index contributed by atoms with van der Waals surface area (Å²) in [6.45, 7) is 19.6.